The lowest BCUT2D eigenvalue weighted by Gasteiger charge is -2.34. The van der Waals surface area contributed by atoms with Crippen LogP contribution in [0.15, 0.2) is 90.1 Å². The van der Waals surface area contributed by atoms with Gasteiger partial charge in [-0.25, -0.2) is 4.79 Å². The predicted octanol–water partition coefficient (Wildman–Crippen LogP) is 5.99. The number of hydrogen-bond donors (Lipinski definition) is 0. The van der Waals surface area contributed by atoms with E-state index < -0.39 is 11.9 Å². The highest BCUT2D eigenvalue weighted by Gasteiger charge is 2.36. The third-order valence-electron chi connectivity index (χ3n) is 6.27. The van der Waals surface area contributed by atoms with Gasteiger partial charge in [0.15, 0.2) is 0 Å². The van der Waals surface area contributed by atoms with Crippen LogP contribution < -0.4 is 0 Å². The molecule has 0 bridgehead atoms. The largest absolute Gasteiger partial charge is 0.457 e. The Morgan fingerprint density at radius 1 is 0.971 bits per heavy atom. The Balaban J connectivity index is 1.55. The first-order valence-electron chi connectivity index (χ1n) is 11.5. The maximum atomic E-state index is 13.4. The molecule has 0 spiro atoms. The highest BCUT2D eigenvalue weighted by atomic mass is 35.5. The van der Waals surface area contributed by atoms with E-state index in [0.717, 1.165) is 22.3 Å². The summed E-state index contributed by atoms with van der Waals surface area (Å²) in [5, 5.41) is 0.599. The van der Waals surface area contributed by atoms with E-state index in [9.17, 15) is 9.59 Å². The van der Waals surface area contributed by atoms with Gasteiger partial charge < -0.3 is 14.4 Å². The van der Waals surface area contributed by atoms with Gasteiger partial charge in [-0.05, 0) is 41.3 Å². The third-order valence-corrected chi connectivity index (χ3v) is 6.52. The van der Waals surface area contributed by atoms with E-state index in [0.29, 0.717) is 29.4 Å². The number of methoxy groups -OCH3 is 1. The molecular weight excluding hydrogens is 462 g/mol. The topological polar surface area (TPSA) is 55.8 Å². The van der Waals surface area contributed by atoms with Crippen molar-refractivity contribution in [3.8, 4) is 11.1 Å². The van der Waals surface area contributed by atoms with Gasteiger partial charge in [0, 0.05) is 36.7 Å². The van der Waals surface area contributed by atoms with Crippen LogP contribution in [0.4, 0.5) is 0 Å². The molecule has 0 saturated heterocycles. The predicted molar refractivity (Wildman–Crippen MR) is 137 cm³/mol. The summed E-state index contributed by atoms with van der Waals surface area (Å²) in [4.78, 5) is 27.9. The fourth-order valence-electron chi connectivity index (χ4n) is 4.37. The Kier molecular flexibility index (Phi) is 8.01. The van der Waals surface area contributed by atoms with Crippen LogP contribution in [0.25, 0.3) is 11.1 Å². The van der Waals surface area contributed by atoms with E-state index in [4.69, 9.17) is 21.1 Å². The first-order valence-corrected chi connectivity index (χ1v) is 11.9. The molecule has 1 aliphatic rings. The van der Waals surface area contributed by atoms with Crippen LogP contribution in [0.1, 0.15) is 30.4 Å². The fraction of sp³-hybridized carbons (Fsp3) is 0.241. The lowest BCUT2D eigenvalue weighted by Crippen LogP contribution is -2.40. The van der Waals surface area contributed by atoms with Crippen molar-refractivity contribution in [3.63, 3.8) is 0 Å². The molecule has 180 valence electrons. The second kappa shape index (κ2) is 11.3. The second-order valence-corrected chi connectivity index (χ2v) is 8.92. The van der Waals surface area contributed by atoms with Crippen LogP contribution in [0.2, 0.25) is 5.02 Å². The molecule has 5 nitrogen and oxygen atoms in total. The summed E-state index contributed by atoms with van der Waals surface area (Å²) in [7, 11) is 1.59. The normalized spacial score (nSPS) is 15.9. The van der Waals surface area contributed by atoms with E-state index in [1.165, 1.54) is 0 Å². The van der Waals surface area contributed by atoms with Gasteiger partial charge in [0.1, 0.15) is 6.61 Å². The molecule has 1 unspecified atom stereocenters. The molecular formula is C29H28ClNO4. The SMILES string of the molecule is COCCN1C(=O)CC(c2ccc(Cl)cc2)C(C(=O)OCc2ccc(-c3ccccc3)cc2)=C1C. The van der Waals surface area contributed by atoms with Crippen LogP contribution in [0.3, 0.4) is 0 Å². The average Bonchev–Trinajstić information content (AvgIpc) is 2.88. The zero-order valence-electron chi connectivity index (χ0n) is 19.9. The molecule has 3 aromatic rings. The minimum atomic E-state index is -0.426. The molecule has 35 heavy (non-hydrogen) atoms. The first kappa shape index (κ1) is 24.7. The van der Waals surface area contributed by atoms with Crippen LogP contribution >= 0.6 is 11.6 Å². The van der Waals surface area contributed by atoms with Crippen molar-refractivity contribution in [2.45, 2.75) is 25.9 Å². The summed E-state index contributed by atoms with van der Waals surface area (Å²) in [5.41, 5.74) is 5.06. The van der Waals surface area contributed by atoms with Gasteiger partial charge in [0.25, 0.3) is 0 Å². The second-order valence-electron chi connectivity index (χ2n) is 8.48. The molecule has 3 aromatic carbocycles. The number of carbonyl (C=O) groups is 2. The van der Waals surface area contributed by atoms with E-state index in [2.05, 4.69) is 12.1 Å². The Morgan fingerprint density at radius 3 is 2.29 bits per heavy atom. The van der Waals surface area contributed by atoms with Crippen LogP contribution in [0.5, 0.6) is 0 Å². The molecule has 6 heteroatoms. The summed E-state index contributed by atoms with van der Waals surface area (Å²) in [5.74, 6) is -0.872. The summed E-state index contributed by atoms with van der Waals surface area (Å²) < 4.78 is 10.9. The van der Waals surface area contributed by atoms with Gasteiger partial charge >= 0.3 is 5.97 Å². The van der Waals surface area contributed by atoms with Crippen LogP contribution in [0, 0.1) is 0 Å². The van der Waals surface area contributed by atoms with E-state index in [-0.39, 0.29) is 18.9 Å². The molecule has 4 rings (SSSR count). The van der Waals surface area contributed by atoms with Crippen molar-refractivity contribution in [1.29, 1.82) is 0 Å². The summed E-state index contributed by atoms with van der Waals surface area (Å²) in [6.07, 6.45) is 0.179. The molecule has 0 aromatic heterocycles. The maximum Gasteiger partial charge on any atom is 0.336 e. The zero-order valence-corrected chi connectivity index (χ0v) is 20.6. The van der Waals surface area contributed by atoms with E-state index in [1.54, 1.807) is 31.1 Å². The number of allylic oxidation sites excluding steroid dienone is 1. The minimum Gasteiger partial charge on any atom is -0.457 e. The lowest BCUT2D eigenvalue weighted by atomic mass is 9.83. The Labute approximate surface area is 210 Å². The van der Waals surface area contributed by atoms with E-state index in [1.807, 2.05) is 54.6 Å². The minimum absolute atomic E-state index is 0.0486. The molecule has 0 saturated carbocycles. The summed E-state index contributed by atoms with van der Waals surface area (Å²) in [6.45, 7) is 2.70. The molecule has 0 aliphatic carbocycles. The van der Waals surface area contributed by atoms with Gasteiger partial charge in [-0.15, -0.1) is 0 Å². The fourth-order valence-corrected chi connectivity index (χ4v) is 4.49. The average molecular weight is 490 g/mol. The van der Waals surface area contributed by atoms with Crippen LogP contribution in [-0.2, 0) is 25.7 Å². The molecule has 1 atom stereocenters. The van der Waals surface area contributed by atoms with Crippen molar-refractivity contribution >= 4 is 23.5 Å². The number of esters is 1. The summed E-state index contributed by atoms with van der Waals surface area (Å²) >= 11 is 6.06. The molecule has 0 radical (unpaired) electrons. The maximum absolute atomic E-state index is 13.4. The Bertz CT molecular complexity index is 1200. The summed E-state index contributed by atoms with van der Waals surface area (Å²) in [6, 6.07) is 25.3. The number of ether oxygens (including phenoxy) is 2. The van der Waals surface area contributed by atoms with E-state index >= 15 is 0 Å². The van der Waals surface area contributed by atoms with Crippen molar-refractivity contribution < 1.29 is 19.1 Å². The van der Waals surface area contributed by atoms with Crippen molar-refractivity contribution in [2.75, 3.05) is 20.3 Å². The molecule has 1 aliphatic heterocycles. The number of halogens is 1. The number of hydrogen-bond acceptors (Lipinski definition) is 4. The molecule has 1 amide bonds. The van der Waals surface area contributed by atoms with Gasteiger partial charge in [-0.3, -0.25) is 4.79 Å². The van der Waals surface area contributed by atoms with Gasteiger partial charge in [0.2, 0.25) is 5.91 Å². The molecule has 0 N–H and O–H groups in total. The number of rotatable bonds is 8. The number of nitrogens with zero attached hydrogens (tertiary/aromatic N) is 1. The number of amides is 1. The highest BCUT2D eigenvalue weighted by Crippen LogP contribution is 2.37. The first-order chi connectivity index (χ1) is 17.0. The quantitative estimate of drug-likeness (QED) is 0.365. The van der Waals surface area contributed by atoms with Crippen molar-refractivity contribution in [1.82, 2.24) is 4.90 Å². The van der Waals surface area contributed by atoms with Crippen LogP contribution in [-0.4, -0.2) is 37.0 Å². The van der Waals surface area contributed by atoms with Gasteiger partial charge in [-0.2, -0.15) is 0 Å². The highest BCUT2D eigenvalue weighted by molar-refractivity contribution is 6.30. The smallest absolute Gasteiger partial charge is 0.336 e. The Hall–Kier alpha value is -3.41. The zero-order chi connectivity index (χ0) is 24.8. The van der Waals surface area contributed by atoms with Gasteiger partial charge in [-0.1, -0.05) is 78.3 Å². The number of benzene rings is 3. The monoisotopic (exact) mass is 489 g/mol. The standard InChI is InChI=1S/C29H28ClNO4/c1-20-28(26(24-12-14-25(30)15-13-24)18-27(32)31(20)16-17-34-2)29(33)35-19-21-8-10-23(11-9-21)22-6-4-3-5-7-22/h3-15,26H,16-19H2,1-2H3. The van der Waals surface area contributed by atoms with Crippen molar-refractivity contribution in [2.24, 2.45) is 0 Å². The van der Waals surface area contributed by atoms with Crippen molar-refractivity contribution in [3.05, 3.63) is 106 Å². The lowest BCUT2D eigenvalue weighted by molar-refractivity contribution is -0.141. The number of carbonyl (C=O) groups excluding carboxylic acids is 2. The Morgan fingerprint density at radius 2 is 1.63 bits per heavy atom. The molecule has 0 fully saturated rings. The molecule has 1 heterocycles. The van der Waals surface area contributed by atoms with Gasteiger partial charge in [0.05, 0.1) is 12.2 Å². The third kappa shape index (κ3) is 5.81.